The molecule has 1 amide bonds. The van der Waals surface area contributed by atoms with Crippen molar-refractivity contribution in [3.63, 3.8) is 0 Å². The highest BCUT2D eigenvalue weighted by molar-refractivity contribution is 7.80. The molecule has 1 saturated heterocycles. The van der Waals surface area contributed by atoms with Gasteiger partial charge in [-0.25, -0.2) is 0 Å². The van der Waals surface area contributed by atoms with Gasteiger partial charge in [-0.05, 0) is 36.8 Å². The summed E-state index contributed by atoms with van der Waals surface area (Å²) in [4.78, 5) is 15.2. The molecule has 2 nitrogen and oxygen atoms in total. The summed E-state index contributed by atoms with van der Waals surface area (Å²) in [5.74, 6) is 1.67. The van der Waals surface area contributed by atoms with Crippen molar-refractivity contribution in [3.8, 4) is 0 Å². The number of hydrogen-bond acceptors (Lipinski definition) is 2. The van der Waals surface area contributed by atoms with Crippen LogP contribution >= 0.6 is 12.6 Å². The lowest BCUT2D eigenvalue weighted by molar-refractivity contribution is 0.0777. The van der Waals surface area contributed by atoms with Gasteiger partial charge in [0.15, 0.2) is 0 Å². The van der Waals surface area contributed by atoms with Crippen LogP contribution in [0.3, 0.4) is 0 Å². The number of hydrogen-bond donors (Lipinski definition) is 1. The van der Waals surface area contributed by atoms with E-state index in [0.29, 0.717) is 0 Å². The highest BCUT2D eigenvalue weighted by Gasteiger charge is 2.38. The van der Waals surface area contributed by atoms with Crippen LogP contribution in [0.1, 0.15) is 29.6 Å². The summed E-state index contributed by atoms with van der Waals surface area (Å²) in [5.41, 5.74) is 0.746. The minimum absolute atomic E-state index is 0.157. The van der Waals surface area contributed by atoms with Crippen LogP contribution in [0, 0.1) is 11.8 Å². The molecule has 2 unspecified atom stereocenters. The average molecular weight is 247 g/mol. The van der Waals surface area contributed by atoms with Gasteiger partial charge in [-0.2, -0.15) is 0 Å². The monoisotopic (exact) mass is 247 g/mol. The number of amides is 1. The summed E-state index contributed by atoms with van der Waals surface area (Å²) in [6.07, 6.45) is 3.95. The molecule has 2 atom stereocenters. The molecule has 0 N–H and O–H groups in total. The summed E-state index contributed by atoms with van der Waals surface area (Å²) < 4.78 is 0. The number of thiol groups is 1. The van der Waals surface area contributed by atoms with E-state index in [4.69, 9.17) is 0 Å². The molecule has 1 aliphatic carbocycles. The Hall–Kier alpha value is -0.960. The second kappa shape index (κ2) is 4.37. The first kappa shape index (κ1) is 11.1. The summed E-state index contributed by atoms with van der Waals surface area (Å²) >= 11 is 4.36. The van der Waals surface area contributed by atoms with Gasteiger partial charge in [0.1, 0.15) is 0 Å². The fraction of sp³-hybridized carbons (Fsp3) is 0.500. The molecule has 1 aliphatic heterocycles. The Morgan fingerprint density at radius 3 is 2.47 bits per heavy atom. The molecule has 90 valence electrons. The van der Waals surface area contributed by atoms with E-state index in [1.807, 2.05) is 29.2 Å². The summed E-state index contributed by atoms with van der Waals surface area (Å²) in [6.45, 7) is 1.90. The van der Waals surface area contributed by atoms with E-state index < -0.39 is 0 Å². The lowest BCUT2D eigenvalue weighted by Gasteiger charge is -2.18. The first-order chi connectivity index (χ1) is 8.25. The number of rotatable bonds is 1. The second-order valence-corrected chi connectivity index (χ2v) is 5.66. The van der Waals surface area contributed by atoms with Gasteiger partial charge in [0.25, 0.3) is 5.91 Å². The third-order valence-electron chi connectivity index (χ3n) is 4.15. The van der Waals surface area contributed by atoms with Crippen LogP contribution in [0.4, 0.5) is 0 Å². The molecule has 0 spiro atoms. The van der Waals surface area contributed by atoms with Crippen LogP contribution in [0.2, 0.25) is 0 Å². The number of likely N-dealkylation sites (tertiary alicyclic amines) is 1. The quantitative estimate of drug-likeness (QED) is 0.757. The molecule has 17 heavy (non-hydrogen) atoms. The molecule has 2 aliphatic rings. The summed E-state index contributed by atoms with van der Waals surface area (Å²) in [6, 6.07) is 7.58. The van der Waals surface area contributed by atoms with Crippen LogP contribution in [0.15, 0.2) is 29.2 Å². The van der Waals surface area contributed by atoms with Gasteiger partial charge in [0.2, 0.25) is 0 Å². The normalized spacial score (nSPS) is 27.2. The lowest BCUT2D eigenvalue weighted by Crippen LogP contribution is -2.29. The van der Waals surface area contributed by atoms with Gasteiger partial charge in [-0.15, -0.1) is 12.6 Å². The first-order valence-corrected chi connectivity index (χ1v) is 6.77. The first-order valence-electron chi connectivity index (χ1n) is 6.33. The minimum Gasteiger partial charge on any atom is -0.338 e. The van der Waals surface area contributed by atoms with E-state index in [9.17, 15) is 4.79 Å². The largest absolute Gasteiger partial charge is 0.338 e. The number of carbonyl (C=O) groups is 1. The maximum absolute atomic E-state index is 12.4. The molecule has 2 fully saturated rings. The van der Waals surface area contributed by atoms with Crippen molar-refractivity contribution in [3.05, 3.63) is 29.8 Å². The van der Waals surface area contributed by atoms with Crippen LogP contribution in [0.25, 0.3) is 0 Å². The lowest BCUT2D eigenvalue weighted by atomic mass is 10.0. The van der Waals surface area contributed by atoms with Crippen LogP contribution in [-0.4, -0.2) is 23.9 Å². The molecule has 1 heterocycles. The van der Waals surface area contributed by atoms with Gasteiger partial charge < -0.3 is 4.90 Å². The SMILES string of the molecule is O=C(c1ccccc1S)N1CC2CCCC2C1. The van der Waals surface area contributed by atoms with E-state index in [2.05, 4.69) is 12.6 Å². The van der Waals surface area contributed by atoms with Crippen molar-refractivity contribution in [2.24, 2.45) is 11.8 Å². The van der Waals surface area contributed by atoms with Crippen molar-refractivity contribution < 1.29 is 4.79 Å². The Balaban J connectivity index is 1.78. The van der Waals surface area contributed by atoms with Gasteiger partial charge in [0.05, 0.1) is 5.56 Å². The smallest absolute Gasteiger partial charge is 0.254 e. The fourth-order valence-electron chi connectivity index (χ4n) is 3.23. The molecule has 0 bridgehead atoms. The van der Waals surface area contributed by atoms with Gasteiger partial charge in [0, 0.05) is 18.0 Å². The van der Waals surface area contributed by atoms with Gasteiger partial charge >= 0.3 is 0 Å². The van der Waals surface area contributed by atoms with Gasteiger partial charge in [-0.3, -0.25) is 4.79 Å². The maximum Gasteiger partial charge on any atom is 0.254 e. The van der Waals surface area contributed by atoms with E-state index in [1.54, 1.807) is 0 Å². The molecule has 1 aromatic carbocycles. The van der Waals surface area contributed by atoms with E-state index in [-0.39, 0.29) is 5.91 Å². The van der Waals surface area contributed by atoms with Gasteiger partial charge in [-0.1, -0.05) is 18.6 Å². The minimum atomic E-state index is 0.157. The highest BCUT2D eigenvalue weighted by Crippen LogP contribution is 2.38. The molecule has 3 heteroatoms. The standard InChI is InChI=1S/C14H17NOS/c16-14(12-6-1-2-7-13(12)17)15-8-10-4-3-5-11(10)9-15/h1-2,6-7,10-11,17H,3-5,8-9H2. The Morgan fingerprint density at radius 2 is 1.82 bits per heavy atom. The Bertz CT molecular complexity index is 434. The zero-order chi connectivity index (χ0) is 11.8. The number of benzene rings is 1. The van der Waals surface area contributed by atoms with Crippen molar-refractivity contribution in [1.82, 2.24) is 4.90 Å². The molecular formula is C14H17NOS. The number of carbonyl (C=O) groups excluding carboxylic acids is 1. The second-order valence-electron chi connectivity index (χ2n) is 5.18. The highest BCUT2D eigenvalue weighted by atomic mass is 32.1. The van der Waals surface area contributed by atoms with E-state index in [1.165, 1.54) is 19.3 Å². The number of nitrogens with zero attached hydrogens (tertiary/aromatic N) is 1. The Labute approximate surface area is 107 Å². The fourth-order valence-corrected chi connectivity index (χ4v) is 3.48. The zero-order valence-corrected chi connectivity index (χ0v) is 10.7. The van der Waals surface area contributed by atoms with Crippen molar-refractivity contribution in [1.29, 1.82) is 0 Å². The van der Waals surface area contributed by atoms with Crippen LogP contribution in [0.5, 0.6) is 0 Å². The maximum atomic E-state index is 12.4. The number of fused-ring (bicyclic) bond motifs is 1. The molecule has 1 aromatic rings. The molecule has 1 saturated carbocycles. The van der Waals surface area contributed by atoms with E-state index in [0.717, 1.165) is 35.4 Å². The van der Waals surface area contributed by atoms with Crippen molar-refractivity contribution in [2.75, 3.05) is 13.1 Å². The predicted octanol–water partition coefficient (Wildman–Crippen LogP) is 2.85. The summed E-state index contributed by atoms with van der Waals surface area (Å²) in [7, 11) is 0. The molecule has 0 radical (unpaired) electrons. The topological polar surface area (TPSA) is 20.3 Å². The van der Waals surface area contributed by atoms with Crippen molar-refractivity contribution in [2.45, 2.75) is 24.2 Å². The molecule has 0 aromatic heterocycles. The van der Waals surface area contributed by atoms with E-state index >= 15 is 0 Å². The van der Waals surface area contributed by atoms with Crippen LogP contribution in [-0.2, 0) is 0 Å². The van der Waals surface area contributed by atoms with Crippen molar-refractivity contribution >= 4 is 18.5 Å². The average Bonchev–Trinajstić information content (AvgIpc) is 2.88. The molecular weight excluding hydrogens is 230 g/mol. The Kier molecular flexibility index (Phi) is 2.87. The summed E-state index contributed by atoms with van der Waals surface area (Å²) in [5, 5.41) is 0. The predicted molar refractivity (Wildman–Crippen MR) is 70.4 cm³/mol. The van der Waals surface area contributed by atoms with Crippen LogP contribution < -0.4 is 0 Å². The Morgan fingerprint density at radius 1 is 1.18 bits per heavy atom. The third kappa shape index (κ3) is 1.97. The molecule has 3 rings (SSSR count). The zero-order valence-electron chi connectivity index (χ0n) is 9.80. The third-order valence-corrected chi connectivity index (χ3v) is 4.54.